The molecule has 0 radical (unpaired) electrons. The molecule has 6 nitrogen and oxygen atoms in total. The first-order valence-electron chi connectivity index (χ1n) is 9.89. The van der Waals surface area contributed by atoms with Crippen molar-refractivity contribution < 1.29 is 15.0 Å². The Morgan fingerprint density at radius 2 is 1.86 bits per heavy atom. The van der Waals surface area contributed by atoms with Gasteiger partial charge in [0.25, 0.3) is 5.56 Å². The van der Waals surface area contributed by atoms with Crippen LogP contribution in [0.25, 0.3) is 16.6 Å². The molecule has 0 bridgehead atoms. The van der Waals surface area contributed by atoms with Crippen LogP contribution in [0.4, 0.5) is 0 Å². The molecule has 3 aromatic rings. The average molecular weight is 383 g/mol. The quantitative estimate of drug-likeness (QED) is 0.598. The van der Waals surface area contributed by atoms with Gasteiger partial charge in [-0.2, -0.15) is 0 Å². The Labute approximate surface area is 165 Å². The Balaban J connectivity index is 2.17. The van der Waals surface area contributed by atoms with Gasteiger partial charge in [0.1, 0.15) is 24.9 Å². The molecule has 0 aliphatic rings. The van der Waals surface area contributed by atoms with E-state index in [0.717, 1.165) is 30.1 Å². The van der Waals surface area contributed by atoms with Crippen LogP contribution < -0.4 is 20.5 Å². The fourth-order valence-corrected chi connectivity index (χ4v) is 3.34. The highest BCUT2D eigenvalue weighted by atomic mass is 16.5. The molecule has 0 spiro atoms. The van der Waals surface area contributed by atoms with E-state index < -0.39 is 0 Å². The van der Waals surface area contributed by atoms with Crippen LogP contribution in [0.5, 0.6) is 5.75 Å². The first-order valence-corrected chi connectivity index (χ1v) is 9.89. The lowest BCUT2D eigenvalue weighted by Crippen LogP contribution is -3.09. The number of likely N-dealkylation sites (N-methyl/N-ethyl adjacent to an activating group) is 1. The second-order valence-corrected chi connectivity index (χ2v) is 7.30. The topological polar surface area (TPSA) is 65.2 Å². The highest BCUT2D eigenvalue weighted by Crippen LogP contribution is 2.24. The Morgan fingerprint density at radius 1 is 1.14 bits per heavy atom. The van der Waals surface area contributed by atoms with Crippen molar-refractivity contribution in [2.45, 2.75) is 19.9 Å². The van der Waals surface area contributed by atoms with Crippen LogP contribution >= 0.6 is 0 Å². The van der Waals surface area contributed by atoms with Gasteiger partial charge in [-0.25, -0.2) is 4.98 Å². The van der Waals surface area contributed by atoms with E-state index in [1.165, 1.54) is 4.90 Å². The summed E-state index contributed by atoms with van der Waals surface area (Å²) in [6.45, 7) is 6.58. The lowest BCUT2D eigenvalue weighted by Gasteiger charge is -2.19. The van der Waals surface area contributed by atoms with E-state index in [1.54, 1.807) is 4.57 Å². The number of nitrogens with zero attached hydrogens (tertiary/aromatic N) is 2. The standard InChI is InChI=1S/C22H28N4O2/c1-5-28-20-13-9-8-12-19(20)26-21(16(2)23-14-15-25(3)4)24-18-11-7-6-10-17(18)22(26)27/h6-13,16,23H,5,14-15H2,1-4H3/p+2/t16-/m0/s1. The van der Waals surface area contributed by atoms with Crippen molar-refractivity contribution in [1.82, 2.24) is 9.55 Å². The number of benzene rings is 2. The van der Waals surface area contributed by atoms with Gasteiger partial charge in [-0.05, 0) is 38.1 Å². The summed E-state index contributed by atoms with van der Waals surface area (Å²) in [4.78, 5) is 19.7. The Bertz CT molecular complexity index is 997. The van der Waals surface area contributed by atoms with E-state index >= 15 is 0 Å². The van der Waals surface area contributed by atoms with Gasteiger partial charge in [0.2, 0.25) is 0 Å². The van der Waals surface area contributed by atoms with Crippen LogP contribution in [0.15, 0.2) is 53.3 Å². The summed E-state index contributed by atoms with van der Waals surface area (Å²) >= 11 is 0. The van der Waals surface area contributed by atoms with Crippen LogP contribution in [0.1, 0.15) is 25.7 Å². The van der Waals surface area contributed by atoms with E-state index in [9.17, 15) is 4.79 Å². The molecular formula is C22H30N4O2+2. The van der Waals surface area contributed by atoms with E-state index in [-0.39, 0.29) is 11.6 Å². The van der Waals surface area contributed by atoms with Gasteiger partial charge in [-0.3, -0.25) is 9.36 Å². The Hall–Kier alpha value is -2.70. The lowest BCUT2D eigenvalue weighted by molar-refractivity contribution is -0.877. The number of rotatable bonds is 8. The number of quaternary nitrogens is 2. The number of ether oxygens (including phenoxy) is 1. The Kier molecular flexibility index (Phi) is 6.44. The van der Waals surface area contributed by atoms with Gasteiger partial charge in [-0.1, -0.05) is 24.3 Å². The van der Waals surface area contributed by atoms with E-state index in [4.69, 9.17) is 9.72 Å². The molecule has 0 amide bonds. The molecule has 1 aromatic heterocycles. The number of hydrogen-bond donors (Lipinski definition) is 2. The smallest absolute Gasteiger partial charge is 0.266 e. The SMILES string of the molecule is CCOc1ccccc1-n1c([C@H](C)[NH2+]CC[NH+](C)C)nc2ccccc2c1=O. The molecule has 3 rings (SSSR count). The molecule has 0 unspecified atom stereocenters. The monoisotopic (exact) mass is 382 g/mol. The third-order valence-electron chi connectivity index (χ3n) is 4.78. The maximum atomic E-state index is 13.4. The van der Waals surface area contributed by atoms with E-state index in [0.29, 0.717) is 17.7 Å². The van der Waals surface area contributed by atoms with Crippen LogP contribution in [0.2, 0.25) is 0 Å². The van der Waals surface area contributed by atoms with Gasteiger partial charge in [0.15, 0.2) is 5.82 Å². The summed E-state index contributed by atoms with van der Waals surface area (Å²) in [7, 11) is 4.28. The molecule has 0 fully saturated rings. The molecule has 6 heteroatoms. The number of fused-ring (bicyclic) bond motifs is 1. The molecule has 0 saturated heterocycles. The summed E-state index contributed by atoms with van der Waals surface area (Å²) in [5, 5.41) is 2.85. The molecule has 0 aliphatic heterocycles. The number of aromatic nitrogens is 2. The first-order chi connectivity index (χ1) is 13.5. The van der Waals surface area contributed by atoms with Crippen molar-refractivity contribution in [1.29, 1.82) is 0 Å². The third kappa shape index (κ3) is 4.24. The number of para-hydroxylation sites is 3. The lowest BCUT2D eigenvalue weighted by atomic mass is 10.2. The molecule has 0 aliphatic carbocycles. The Morgan fingerprint density at radius 3 is 2.61 bits per heavy atom. The number of nitrogens with one attached hydrogen (secondary N) is 1. The zero-order valence-electron chi connectivity index (χ0n) is 17.1. The van der Waals surface area contributed by atoms with E-state index in [1.807, 2.05) is 55.5 Å². The summed E-state index contributed by atoms with van der Waals surface area (Å²) < 4.78 is 7.52. The molecule has 1 atom stereocenters. The third-order valence-corrected chi connectivity index (χ3v) is 4.78. The minimum absolute atomic E-state index is 0.0336. The van der Waals surface area contributed by atoms with Crippen LogP contribution in [-0.4, -0.2) is 43.3 Å². The van der Waals surface area contributed by atoms with Crippen LogP contribution in [-0.2, 0) is 0 Å². The molecule has 0 saturated carbocycles. The molecule has 28 heavy (non-hydrogen) atoms. The minimum Gasteiger partial charge on any atom is -0.492 e. The number of nitrogens with two attached hydrogens (primary N) is 1. The van der Waals surface area contributed by atoms with Crippen LogP contribution in [0, 0.1) is 0 Å². The summed E-state index contributed by atoms with van der Waals surface area (Å²) in [5.41, 5.74) is 1.40. The highest BCUT2D eigenvalue weighted by Gasteiger charge is 2.22. The highest BCUT2D eigenvalue weighted by molar-refractivity contribution is 5.78. The van der Waals surface area contributed by atoms with E-state index in [2.05, 4.69) is 26.3 Å². The zero-order chi connectivity index (χ0) is 20.1. The maximum Gasteiger partial charge on any atom is 0.266 e. The molecule has 148 valence electrons. The predicted octanol–water partition coefficient (Wildman–Crippen LogP) is 0.553. The van der Waals surface area contributed by atoms with Gasteiger partial charge < -0.3 is 15.0 Å². The van der Waals surface area contributed by atoms with Crippen molar-refractivity contribution in [3.05, 3.63) is 64.7 Å². The van der Waals surface area contributed by atoms with Crippen molar-refractivity contribution in [2.24, 2.45) is 0 Å². The van der Waals surface area contributed by atoms with Crippen molar-refractivity contribution >= 4 is 10.9 Å². The first kappa shape index (κ1) is 20.0. The van der Waals surface area contributed by atoms with Gasteiger partial charge in [-0.15, -0.1) is 0 Å². The number of hydrogen-bond acceptors (Lipinski definition) is 3. The van der Waals surface area contributed by atoms with Gasteiger partial charge in [0.05, 0.1) is 37.3 Å². The average Bonchev–Trinajstić information content (AvgIpc) is 2.68. The summed E-state index contributed by atoms with van der Waals surface area (Å²) in [6.07, 6.45) is 0. The maximum absolute atomic E-state index is 13.4. The molecule has 1 heterocycles. The second-order valence-electron chi connectivity index (χ2n) is 7.30. The van der Waals surface area contributed by atoms with Crippen molar-refractivity contribution in [3.63, 3.8) is 0 Å². The predicted molar refractivity (Wildman–Crippen MR) is 111 cm³/mol. The van der Waals surface area contributed by atoms with Crippen molar-refractivity contribution in [3.8, 4) is 11.4 Å². The minimum atomic E-state index is -0.0637. The largest absolute Gasteiger partial charge is 0.492 e. The van der Waals surface area contributed by atoms with Gasteiger partial charge >= 0.3 is 0 Å². The fourth-order valence-electron chi connectivity index (χ4n) is 3.34. The molecular weight excluding hydrogens is 352 g/mol. The van der Waals surface area contributed by atoms with Gasteiger partial charge in [0, 0.05) is 0 Å². The summed E-state index contributed by atoms with van der Waals surface area (Å²) in [6, 6.07) is 15.2. The molecule has 3 N–H and O–H groups in total. The fraction of sp³-hybridized carbons (Fsp3) is 0.364. The summed E-state index contributed by atoms with van der Waals surface area (Å²) in [5.74, 6) is 1.43. The second kappa shape index (κ2) is 8.99. The molecule has 2 aromatic carbocycles. The zero-order valence-corrected chi connectivity index (χ0v) is 17.1. The van der Waals surface area contributed by atoms with Crippen molar-refractivity contribution in [2.75, 3.05) is 33.8 Å². The normalized spacial score (nSPS) is 12.5. The van der Waals surface area contributed by atoms with Crippen LogP contribution in [0.3, 0.4) is 0 Å².